The highest BCUT2D eigenvalue weighted by atomic mass is 35.5. The van der Waals surface area contributed by atoms with Crippen molar-refractivity contribution in [2.45, 2.75) is 75.5 Å². The van der Waals surface area contributed by atoms with Gasteiger partial charge in [0.1, 0.15) is 17.2 Å². The molecule has 2 fully saturated rings. The molecule has 1 aromatic carbocycles. The zero-order valence-electron chi connectivity index (χ0n) is 22.3. The maximum absolute atomic E-state index is 15.1. The third-order valence-electron chi connectivity index (χ3n) is 7.88. The molecule has 0 bridgehead atoms. The van der Waals surface area contributed by atoms with Crippen LogP contribution in [0.4, 0.5) is 14.5 Å². The van der Waals surface area contributed by atoms with Crippen molar-refractivity contribution in [1.29, 1.82) is 0 Å². The number of benzene rings is 1. The number of hydrogen-bond acceptors (Lipinski definition) is 6. The molecular formula is C29H37ClF2N4O3. The first-order chi connectivity index (χ1) is 18.7. The highest BCUT2D eigenvalue weighted by Gasteiger charge is 2.41. The van der Waals surface area contributed by atoms with Gasteiger partial charge >= 0.3 is 5.92 Å². The Balaban J connectivity index is 1.25. The van der Waals surface area contributed by atoms with Crippen LogP contribution >= 0.6 is 11.6 Å². The number of aromatic nitrogens is 1. The number of aliphatic hydroxyl groups excluding tert-OH is 1. The number of nitrogens with zero attached hydrogens (tertiary/aromatic N) is 3. The van der Waals surface area contributed by atoms with E-state index in [9.17, 15) is 9.90 Å². The summed E-state index contributed by atoms with van der Waals surface area (Å²) in [5.41, 5.74) is 3.42. The second-order valence-corrected chi connectivity index (χ2v) is 11.5. The van der Waals surface area contributed by atoms with Crippen LogP contribution in [0.1, 0.15) is 61.3 Å². The number of amides is 1. The molecule has 10 heteroatoms. The van der Waals surface area contributed by atoms with Crippen molar-refractivity contribution < 1.29 is 23.4 Å². The maximum atomic E-state index is 15.1. The van der Waals surface area contributed by atoms with Crippen LogP contribution in [-0.4, -0.2) is 72.2 Å². The molecule has 2 atom stereocenters. The van der Waals surface area contributed by atoms with E-state index in [1.54, 1.807) is 0 Å². The van der Waals surface area contributed by atoms with Crippen LogP contribution < -0.4 is 15.0 Å². The lowest BCUT2D eigenvalue weighted by molar-refractivity contribution is -0.148. The number of fused-ring (bicyclic) bond motifs is 1. The number of aryl methyl sites for hydroxylation is 2. The molecule has 3 aliphatic rings. The van der Waals surface area contributed by atoms with Crippen molar-refractivity contribution in [1.82, 2.24) is 15.2 Å². The normalized spacial score (nSPS) is 19.5. The first-order valence-corrected chi connectivity index (χ1v) is 14.3. The molecule has 2 N–H and O–H groups in total. The van der Waals surface area contributed by atoms with Crippen LogP contribution in [0.3, 0.4) is 0 Å². The summed E-state index contributed by atoms with van der Waals surface area (Å²) in [7, 11) is 2.03. The quantitative estimate of drug-likeness (QED) is 0.419. The van der Waals surface area contributed by atoms with Crippen molar-refractivity contribution in [2.24, 2.45) is 0 Å². The van der Waals surface area contributed by atoms with E-state index in [-0.39, 0.29) is 30.0 Å². The lowest BCUT2D eigenvalue weighted by Crippen LogP contribution is -2.51. The van der Waals surface area contributed by atoms with E-state index in [0.29, 0.717) is 5.56 Å². The summed E-state index contributed by atoms with van der Waals surface area (Å²) in [5, 5.41) is 13.9. The van der Waals surface area contributed by atoms with Gasteiger partial charge in [-0.3, -0.25) is 4.79 Å². The molecule has 2 aliphatic heterocycles. The SMILES string of the molecule is CN1CCCc2cc(CCC(F)(F)C(=O)N[C@H](CN3CCCC3)[C@H](O)c3cnc(OC4CC4)c(Cl)c3)ccc21. The van der Waals surface area contributed by atoms with E-state index in [2.05, 4.69) is 20.1 Å². The van der Waals surface area contributed by atoms with E-state index < -0.39 is 30.4 Å². The molecule has 1 amide bonds. The fourth-order valence-corrected chi connectivity index (χ4v) is 5.63. The topological polar surface area (TPSA) is 77.9 Å². The highest BCUT2D eigenvalue weighted by molar-refractivity contribution is 6.31. The molecular weight excluding hydrogens is 526 g/mol. The molecule has 1 aromatic heterocycles. The number of rotatable bonds is 11. The number of aliphatic hydroxyl groups is 1. The van der Waals surface area contributed by atoms with Gasteiger partial charge in [-0.2, -0.15) is 8.78 Å². The van der Waals surface area contributed by atoms with Gasteiger partial charge in [0.2, 0.25) is 5.88 Å². The van der Waals surface area contributed by atoms with Crippen LogP contribution in [-0.2, 0) is 17.6 Å². The predicted molar refractivity (Wildman–Crippen MR) is 147 cm³/mol. The Morgan fingerprint density at radius 1 is 1.23 bits per heavy atom. The lowest BCUT2D eigenvalue weighted by Gasteiger charge is -2.30. The standard InChI is InChI=1S/C29H37ClF2N4O3/c1-35-12-4-5-20-15-19(6-9-25(20)35)10-11-29(31,32)28(38)34-24(18-36-13-2-3-14-36)26(37)21-16-23(30)27(33-17-21)39-22-7-8-22/h6,9,15-17,22,24,26,37H,2-5,7-8,10-14,18H2,1H3,(H,34,38)/t24-,26-/m1/s1. The summed E-state index contributed by atoms with van der Waals surface area (Å²) in [4.78, 5) is 21.3. The zero-order valence-corrected chi connectivity index (χ0v) is 23.1. The summed E-state index contributed by atoms with van der Waals surface area (Å²) in [6, 6.07) is 6.40. The van der Waals surface area contributed by atoms with Gasteiger partial charge in [0.05, 0.1) is 6.04 Å². The molecule has 5 rings (SSSR count). The van der Waals surface area contributed by atoms with Gasteiger partial charge < -0.3 is 25.0 Å². The summed E-state index contributed by atoms with van der Waals surface area (Å²) in [5.74, 6) is -4.68. The first kappa shape index (κ1) is 28.1. The van der Waals surface area contributed by atoms with Crippen molar-refractivity contribution in [2.75, 3.05) is 38.1 Å². The minimum atomic E-state index is -3.59. The number of pyridine rings is 1. The van der Waals surface area contributed by atoms with Crippen LogP contribution in [0.25, 0.3) is 0 Å². The Morgan fingerprint density at radius 3 is 2.72 bits per heavy atom. The lowest BCUT2D eigenvalue weighted by atomic mass is 9.96. The summed E-state index contributed by atoms with van der Waals surface area (Å²) in [6.45, 7) is 2.81. The Kier molecular flexibility index (Phi) is 8.59. The molecule has 0 unspecified atom stereocenters. The second-order valence-electron chi connectivity index (χ2n) is 11.1. The number of halogens is 3. The number of nitrogens with one attached hydrogen (secondary N) is 1. The molecule has 0 radical (unpaired) electrons. The van der Waals surface area contributed by atoms with Gasteiger partial charge in [0.15, 0.2) is 0 Å². The van der Waals surface area contributed by atoms with E-state index in [0.717, 1.165) is 75.0 Å². The Morgan fingerprint density at radius 2 is 2.00 bits per heavy atom. The molecule has 2 aromatic rings. The van der Waals surface area contributed by atoms with Crippen LogP contribution in [0.15, 0.2) is 30.5 Å². The van der Waals surface area contributed by atoms with Gasteiger partial charge in [-0.25, -0.2) is 4.98 Å². The average molecular weight is 563 g/mol. The Labute approximate surface area is 233 Å². The molecule has 212 valence electrons. The molecule has 3 heterocycles. The highest BCUT2D eigenvalue weighted by Crippen LogP contribution is 2.33. The monoisotopic (exact) mass is 562 g/mol. The number of anilines is 1. The number of carbonyl (C=O) groups is 1. The van der Waals surface area contributed by atoms with E-state index in [4.69, 9.17) is 16.3 Å². The van der Waals surface area contributed by atoms with Gasteiger partial charge in [-0.15, -0.1) is 0 Å². The molecule has 0 spiro atoms. The summed E-state index contributed by atoms with van der Waals surface area (Å²) >= 11 is 6.33. The number of alkyl halides is 2. The smallest absolute Gasteiger partial charge is 0.324 e. The van der Waals surface area contributed by atoms with E-state index >= 15 is 8.78 Å². The average Bonchev–Trinajstić information content (AvgIpc) is 3.59. The third-order valence-corrected chi connectivity index (χ3v) is 8.15. The van der Waals surface area contributed by atoms with Crippen molar-refractivity contribution in [3.05, 3.63) is 52.2 Å². The van der Waals surface area contributed by atoms with Crippen molar-refractivity contribution >= 4 is 23.2 Å². The predicted octanol–water partition coefficient (Wildman–Crippen LogP) is 4.54. The summed E-state index contributed by atoms with van der Waals surface area (Å²) < 4.78 is 35.9. The minimum absolute atomic E-state index is 0.0821. The van der Waals surface area contributed by atoms with Gasteiger partial charge in [-0.05, 0) is 81.3 Å². The first-order valence-electron chi connectivity index (χ1n) is 13.9. The fraction of sp³-hybridized carbons (Fsp3) is 0.586. The van der Waals surface area contributed by atoms with E-state index in [1.807, 2.05) is 25.2 Å². The number of hydrogen-bond donors (Lipinski definition) is 2. The molecule has 1 saturated heterocycles. The Hall–Kier alpha value is -2.49. The number of ether oxygens (including phenoxy) is 1. The second kappa shape index (κ2) is 11.9. The largest absolute Gasteiger partial charge is 0.473 e. The number of carbonyl (C=O) groups excluding carboxylic acids is 1. The van der Waals surface area contributed by atoms with Crippen LogP contribution in [0.5, 0.6) is 5.88 Å². The van der Waals surface area contributed by atoms with Crippen LogP contribution in [0, 0.1) is 0 Å². The number of likely N-dealkylation sites (tertiary alicyclic amines) is 1. The van der Waals surface area contributed by atoms with Gasteiger partial charge in [0.25, 0.3) is 5.91 Å². The third kappa shape index (κ3) is 6.99. The van der Waals surface area contributed by atoms with Crippen molar-refractivity contribution in [3.8, 4) is 5.88 Å². The molecule has 39 heavy (non-hydrogen) atoms. The molecule has 7 nitrogen and oxygen atoms in total. The van der Waals surface area contributed by atoms with Crippen LogP contribution in [0.2, 0.25) is 5.02 Å². The van der Waals surface area contributed by atoms with Crippen molar-refractivity contribution in [3.63, 3.8) is 0 Å². The van der Waals surface area contributed by atoms with E-state index in [1.165, 1.54) is 12.3 Å². The fourth-order valence-electron chi connectivity index (χ4n) is 5.42. The summed E-state index contributed by atoms with van der Waals surface area (Å²) in [6.07, 6.45) is 5.59. The minimum Gasteiger partial charge on any atom is -0.473 e. The Bertz CT molecular complexity index is 1170. The molecule has 1 aliphatic carbocycles. The maximum Gasteiger partial charge on any atom is 0.324 e. The van der Waals surface area contributed by atoms with Gasteiger partial charge in [0, 0.05) is 44.0 Å². The zero-order chi connectivity index (χ0) is 27.6. The van der Waals surface area contributed by atoms with Gasteiger partial charge in [-0.1, -0.05) is 23.7 Å². The molecule has 1 saturated carbocycles.